The number of carboxylic acid groups (broad SMARTS) is 1. The number of carbonyl (C=O) groups excluding carboxylic acids is 1. The molecule has 1 N–H and O–H groups in total. The first-order valence-corrected chi connectivity index (χ1v) is 9.98. The number of likely N-dealkylation sites (tertiary alicyclic amines) is 1. The second-order valence-electron chi connectivity index (χ2n) is 7.86. The number of hydrogen-bond acceptors (Lipinski definition) is 4. The van der Waals surface area contributed by atoms with Gasteiger partial charge in [0, 0.05) is 50.8 Å². The van der Waals surface area contributed by atoms with Gasteiger partial charge in [-0.15, -0.1) is 0 Å². The molecule has 2 unspecified atom stereocenters. The Labute approximate surface area is 165 Å². The van der Waals surface area contributed by atoms with E-state index in [1.165, 1.54) is 5.56 Å². The Morgan fingerprint density at radius 3 is 2.56 bits per heavy atom. The average Bonchev–Trinajstić information content (AvgIpc) is 2.61. The molecule has 0 spiro atoms. The van der Waals surface area contributed by atoms with Gasteiger partial charge < -0.3 is 10.0 Å². The van der Waals surface area contributed by atoms with E-state index >= 15 is 0 Å². The molecule has 0 aromatic heterocycles. The molecule has 6 nitrogen and oxygen atoms in total. The minimum absolute atomic E-state index is 0.107. The van der Waals surface area contributed by atoms with Gasteiger partial charge in [-0.05, 0) is 30.0 Å². The highest BCUT2D eigenvalue weighted by molar-refractivity contribution is 6.30. The number of aliphatic carboxylic acids is 1. The van der Waals surface area contributed by atoms with Crippen molar-refractivity contribution < 1.29 is 14.7 Å². The zero-order chi connectivity index (χ0) is 19.4. The molecular weight excluding hydrogens is 366 g/mol. The molecule has 2 saturated heterocycles. The summed E-state index contributed by atoms with van der Waals surface area (Å²) in [7, 11) is 0. The lowest BCUT2D eigenvalue weighted by molar-refractivity contribution is -0.146. The number of hydrogen-bond donors (Lipinski definition) is 1. The first kappa shape index (κ1) is 20.1. The van der Waals surface area contributed by atoms with Gasteiger partial charge in [0.15, 0.2) is 0 Å². The van der Waals surface area contributed by atoms with Crippen LogP contribution in [-0.4, -0.2) is 77.5 Å². The smallest absolute Gasteiger partial charge is 0.307 e. The number of carboxylic acids is 1. The zero-order valence-electron chi connectivity index (χ0n) is 15.8. The second-order valence-corrected chi connectivity index (χ2v) is 8.29. The number of piperazine rings is 1. The van der Waals surface area contributed by atoms with E-state index in [1.807, 2.05) is 28.0 Å². The van der Waals surface area contributed by atoms with Crippen molar-refractivity contribution in [2.45, 2.75) is 19.9 Å². The number of nitrogens with zero attached hydrogens (tertiary/aromatic N) is 3. The molecule has 0 aliphatic carbocycles. The van der Waals surface area contributed by atoms with Gasteiger partial charge in [-0.3, -0.25) is 19.4 Å². The van der Waals surface area contributed by atoms with E-state index in [4.69, 9.17) is 11.6 Å². The summed E-state index contributed by atoms with van der Waals surface area (Å²) in [6.07, 6.45) is 0.697. The number of carbonyl (C=O) groups is 2. The molecule has 2 fully saturated rings. The highest BCUT2D eigenvalue weighted by Crippen LogP contribution is 2.22. The SMILES string of the molecule is CC1CC(C(=O)O)CN(CC(=O)N2CCN(Cc3cccc(Cl)c3)CC2)C1. The molecule has 1 amide bonds. The minimum atomic E-state index is -0.756. The summed E-state index contributed by atoms with van der Waals surface area (Å²) in [5.74, 6) is -0.706. The van der Waals surface area contributed by atoms with Gasteiger partial charge in [-0.25, -0.2) is 0 Å². The lowest BCUT2D eigenvalue weighted by Crippen LogP contribution is -2.52. The highest BCUT2D eigenvalue weighted by atomic mass is 35.5. The largest absolute Gasteiger partial charge is 0.481 e. The maximum Gasteiger partial charge on any atom is 0.307 e. The van der Waals surface area contributed by atoms with E-state index < -0.39 is 5.97 Å². The van der Waals surface area contributed by atoms with Crippen molar-refractivity contribution in [1.29, 1.82) is 0 Å². The summed E-state index contributed by atoms with van der Waals surface area (Å²) >= 11 is 6.05. The van der Waals surface area contributed by atoms with Crippen LogP contribution in [0.5, 0.6) is 0 Å². The first-order valence-electron chi connectivity index (χ1n) is 9.60. The molecule has 1 aromatic rings. The van der Waals surface area contributed by atoms with Gasteiger partial charge in [0.1, 0.15) is 0 Å². The first-order chi connectivity index (χ1) is 12.9. The van der Waals surface area contributed by atoms with Crippen molar-refractivity contribution in [3.05, 3.63) is 34.9 Å². The van der Waals surface area contributed by atoms with Gasteiger partial charge in [0.2, 0.25) is 5.91 Å². The van der Waals surface area contributed by atoms with Crippen LogP contribution in [0, 0.1) is 11.8 Å². The summed E-state index contributed by atoms with van der Waals surface area (Å²) < 4.78 is 0. The fourth-order valence-corrected chi connectivity index (χ4v) is 4.32. The standard InChI is InChI=1S/C20H28ClN3O3/c1-15-9-17(20(26)27)13-23(11-15)14-19(25)24-7-5-22(6-8-24)12-16-3-2-4-18(21)10-16/h2-4,10,15,17H,5-9,11-14H2,1H3,(H,26,27). The van der Waals surface area contributed by atoms with Crippen LogP contribution in [0.4, 0.5) is 0 Å². The molecule has 27 heavy (non-hydrogen) atoms. The summed E-state index contributed by atoms with van der Waals surface area (Å²) in [5.41, 5.74) is 1.18. The van der Waals surface area contributed by atoms with Crippen molar-refractivity contribution in [1.82, 2.24) is 14.7 Å². The molecule has 2 aliphatic heterocycles. The van der Waals surface area contributed by atoms with E-state index in [2.05, 4.69) is 17.9 Å². The zero-order valence-corrected chi connectivity index (χ0v) is 16.6. The summed E-state index contributed by atoms with van der Waals surface area (Å²) in [6.45, 7) is 7.59. The summed E-state index contributed by atoms with van der Waals surface area (Å²) in [5, 5.41) is 10.0. The van der Waals surface area contributed by atoms with Crippen LogP contribution in [0.15, 0.2) is 24.3 Å². The highest BCUT2D eigenvalue weighted by Gasteiger charge is 2.31. The fourth-order valence-electron chi connectivity index (χ4n) is 4.11. The van der Waals surface area contributed by atoms with Crippen LogP contribution in [0.2, 0.25) is 5.02 Å². The van der Waals surface area contributed by atoms with Crippen molar-refractivity contribution >= 4 is 23.5 Å². The van der Waals surface area contributed by atoms with Crippen molar-refractivity contribution in [3.63, 3.8) is 0 Å². The molecule has 2 aliphatic rings. The topological polar surface area (TPSA) is 64.1 Å². The Kier molecular flexibility index (Phi) is 6.73. The maximum atomic E-state index is 12.7. The van der Waals surface area contributed by atoms with Crippen LogP contribution in [0.1, 0.15) is 18.9 Å². The van der Waals surface area contributed by atoms with Crippen LogP contribution < -0.4 is 0 Å². The predicted octanol–water partition coefficient (Wildman–Crippen LogP) is 2.03. The Morgan fingerprint density at radius 2 is 1.89 bits per heavy atom. The van der Waals surface area contributed by atoms with E-state index in [9.17, 15) is 14.7 Å². The molecule has 0 bridgehead atoms. The quantitative estimate of drug-likeness (QED) is 0.829. The molecule has 3 rings (SSSR count). The van der Waals surface area contributed by atoms with Crippen LogP contribution in [0.3, 0.4) is 0 Å². The molecule has 1 aromatic carbocycles. The van der Waals surface area contributed by atoms with E-state index in [0.29, 0.717) is 38.5 Å². The van der Waals surface area contributed by atoms with Gasteiger partial charge in [0.05, 0.1) is 12.5 Å². The Balaban J connectivity index is 1.46. The van der Waals surface area contributed by atoms with Crippen molar-refractivity contribution in [3.8, 4) is 0 Å². The third-order valence-electron chi connectivity index (χ3n) is 5.46. The van der Waals surface area contributed by atoms with Crippen molar-refractivity contribution in [2.24, 2.45) is 11.8 Å². The lowest BCUT2D eigenvalue weighted by Gasteiger charge is -2.38. The number of piperidine rings is 1. The van der Waals surface area contributed by atoms with E-state index in [0.717, 1.165) is 31.2 Å². The number of amides is 1. The van der Waals surface area contributed by atoms with Gasteiger partial charge >= 0.3 is 5.97 Å². The Hall–Kier alpha value is -1.63. The fraction of sp³-hybridized carbons (Fsp3) is 0.600. The van der Waals surface area contributed by atoms with E-state index in [-0.39, 0.29) is 11.8 Å². The Morgan fingerprint density at radius 1 is 1.15 bits per heavy atom. The third-order valence-corrected chi connectivity index (χ3v) is 5.70. The van der Waals surface area contributed by atoms with Crippen LogP contribution in [0.25, 0.3) is 0 Å². The second kappa shape index (κ2) is 9.04. The normalized spacial score (nSPS) is 24.7. The molecule has 148 valence electrons. The van der Waals surface area contributed by atoms with Gasteiger partial charge in [0.25, 0.3) is 0 Å². The third kappa shape index (κ3) is 5.67. The number of halogens is 1. The molecule has 2 heterocycles. The maximum absolute atomic E-state index is 12.7. The molecule has 0 radical (unpaired) electrons. The lowest BCUT2D eigenvalue weighted by atomic mass is 9.90. The number of rotatable bonds is 5. The van der Waals surface area contributed by atoms with Crippen molar-refractivity contribution in [2.75, 3.05) is 45.8 Å². The van der Waals surface area contributed by atoms with Gasteiger partial charge in [-0.2, -0.15) is 0 Å². The molecule has 7 heteroatoms. The summed E-state index contributed by atoms with van der Waals surface area (Å²) in [4.78, 5) is 30.2. The monoisotopic (exact) mass is 393 g/mol. The predicted molar refractivity (Wildman–Crippen MR) is 105 cm³/mol. The summed E-state index contributed by atoms with van der Waals surface area (Å²) in [6, 6.07) is 7.88. The molecule has 2 atom stereocenters. The number of benzene rings is 1. The van der Waals surface area contributed by atoms with E-state index in [1.54, 1.807) is 0 Å². The Bertz CT molecular complexity index is 676. The minimum Gasteiger partial charge on any atom is -0.481 e. The molecular formula is C20H28ClN3O3. The molecule has 0 saturated carbocycles. The van der Waals surface area contributed by atoms with Crippen LogP contribution in [-0.2, 0) is 16.1 Å². The van der Waals surface area contributed by atoms with Gasteiger partial charge in [-0.1, -0.05) is 30.7 Å². The van der Waals surface area contributed by atoms with Crippen LogP contribution >= 0.6 is 11.6 Å². The average molecular weight is 394 g/mol.